The molecule has 0 radical (unpaired) electrons. The van der Waals surface area contributed by atoms with Crippen LogP contribution in [0.1, 0.15) is 33.1 Å². The Morgan fingerprint density at radius 1 is 1.40 bits per heavy atom. The van der Waals surface area contributed by atoms with Gasteiger partial charge in [-0.05, 0) is 12.8 Å². The second-order valence-corrected chi connectivity index (χ2v) is 2.69. The summed E-state index contributed by atoms with van der Waals surface area (Å²) in [7, 11) is 1.54. The molecule has 0 heterocycles. The van der Waals surface area contributed by atoms with Crippen molar-refractivity contribution in [2.45, 2.75) is 38.8 Å². The van der Waals surface area contributed by atoms with E-state index in [1.165, 1.54) is 0 Å². The number of alkyl halides is 1. The number of hydrogen-bond donors (Lipinski definition) is 0. The van der Waals surface area contributed by atoms with Gasteiger partial charge in [-0.2, -0.15) is 0 Å². The first-order valence-corrected chi connectivity index (χ1v) is 3.86. The molecule has 2 heteroatoms. The molecule has 0 aliphatic heterocycles. The normalized spacial score (nSPS) is 16.8. The zero-order chi connectivity index (χ0) is 8.04. The molecule has 0 aromatic carbocycles. The van der Waals surface area contributed by atoms with Crippen molar-refractivity contribution in [3.63, 3.8) is 0 Å². The molecule has 0 fully saturated rings. The summed E-state index contributed by atoms with van der Waals surface area (Å²) in [5.41, 5.74) is -1.08. The molecule has 0 spiro atoms. The number of hydrogen-bond acceptors (Lipinski definition) is 1. The fraction of sp³-hybridized carbons (Fsp3) is 1.00. The van der Waals surface area contributed by atoms with Gasteiger partial charge < -0.3 is 4.74 Å². The summed E-state index contributed by atoms with van der Waals surface area (Å²) < 4.78 is 18.2. The van der Waals surface area contributed by atoms with E-state index in [2.05, 4.69) is 0 Å². The van der Waals surface area contributed by atoms with Crippen LogP contribution in [0.25, 0.3) is 0 Å². The summed E-state index contributed by atoms with van der Waals surface area (Å²) in [6, 6.07) is 0. The van der Waals surface area contributed by atoms with Gasteiger partial charge in [-0.1, -0.05) is 20.3 Å². The van der Waals surface area contributed by atoms with E-state index in [4.69, 9.17) is 4.74 Å². The van der Waals surface area contributed by atoms with E-state index in [1.807, 2.05) is 13.8 Å². The third-order valence-electron chi connectivity index (χ3n) is 1.73. The average molecular weight is 148 g/mol. The van der Waals surface area contributed by atoms with Gasteiger partial charge in [-0.25, -0.2) is 4.39 Å². The fourth-order valence-electron chi connectivity index (χ4n) is 1.06. The molecule has 1 nitrogen and oxygen atoms in total. The van der Waals surface area contributed by atoms with Crippen LogP contribution in [0, 0.1) is 0 Å². The minimum absolute atomic E-state index is 0.233. The molecular formula is C8H17FO. The van der Waals surface area contributed by atoms with Crippen molar-refractivity contribution >= 4 is 0 Å². The number of methoxy groups -OCH3 is 1. The third kappa shape index (κ3) is 3.16. The first kappa shape index (κ1) is 9.89. The smallest absolute Gasteiger partial charge is 0.133 e. The van der Waals surface area contributed by atoms with Crippen LogP contribution in [-0.4, -0.2) is 19.4 Å². The van der Waals surface area contributed by atoms with Gasteiger partial charge in [0.1, 0.15) is 5.67 Å². The predicted octanol–water partition coefficient (Wildman–Crippen LogP) is 2.55. The highest BCUT2D eigenvalue weighted by molar-refractivity contribution is 4.75. The van der Waals surface area contributed by atoms with Gasteiger partial charge in [0.2, 0.25) is 0 Å². The fourth-order valence-corrected chi connectivity index (χ4v) is 1.06. The topological polar surface area (TPSA) is 9.23 Å². The number of ether oxygens (including phenoxy) is 1. The predicted molar refractivity (Wildman–Crippen MR) is 40.9 cm³/mol. The summed E-state index contributed by atoms with van der Waals surface area (Å²) in [6.07, 6.45) is 2.04. The lowest BCUT2D eigenvalue weighted by atomic mass is 9.98. The quantitative estimate of drug-likeness (QED) is 0.582. The maximum absolute atomic E-state index is 13.4. The minimum atomic E-state index is -1.08. The summed E-state index contributed by atoms with van der Waals surface area (Å²) in [6.45, 7) is 4.08. The van der Waals surface area contributed by atoms with Crippen molar-refractivity contribution in [2.24, 2.45) is 0 Å². The van der Waals surface area contributed by atoms with Crippen molar-refractivity contribution in [2.75, 3.05) is 13.7 Å². The molecule has 0 bridgehead atoms. The maximum Gasteiger partial charge on any atom is 0.133 e. The maximum atomic E-state index is 13.4. The Balaban J connectivity index is 3.69. The summed E-state index contributed by atoms with van der Waals surface area (Å²) in [5.74, 6) is 0. The second kappa shape index (κ2) is 4.67. The largest absolute Gasteiger partial charge is 0.381 e. The van der Waals surface area contributed by atoms with Gasteiger partial charge in [0.05, 0.1) is 6.61 Å². The first-order valence-electron chi connectivity index (χ1n) is 3.86. The molecule has 0 aliphatic carbocycles. The van der Waals surface area contributed by atoms with E-state index in [0.717, 1.165) is 6.42 Å². The molecule has 0 rings (SSSR count). The number of rotatable bonds is 5. The lowest BCUT2D eigenvalue weighted by Crippen LogP contribution is -2.27. The van der Waals surface area contributed by atoms with Gasteiger partial charge in [0.15, 0.2) is 0 Å². The SMILES string of the molecule is CCCC(F)(CC)COC. The lowest BCUT2D eigenvalue weighted by molar-refractivity contribution is 0.0308. The molecule has 1 atom stereocenters. The standard InChI is InChI=1S/C8H17FO/c1-4-6-8(9,5-2)7-10-3/h4-7H2,1-3H3. The van der Waals surface area contributed by atoms with Crippen LogP contribution in [-0.2, 0) is 4.74 Å². The van der Waals surface area contributed by atoms with E-state index >= 15 is 0 Å². The van der Waals surface area contributed by atoms with E-state index in [1.54, 1.807) is 7.11 Å². The Bertz CT molecular complexity index is 77.3. The monoisotopic (exact) mass is 148 g/mol. The van der Waals surface area contributed by atoms with Gasteiger partial charge in [-0.3, -0.25) is 0 Å². The summed E-state index contributed by atoms with van der Waals surface area (Å²) >= 11 is 0. The highest BCUT2D eigenvalue weighted by Crippen LogP contribution is 2.22. The van der Waals surface area contributed by atoms with Crippen LogP contribution >= 0.6 is 0 Å². The zero-order valence-electron chi connectivity index (χ0n) is 7.11. The zero-order valence-corrected chi connectivity index (χ0v) is 7.11. The highest BCUT2D eigenvalue weighted by atomic mass is 19.1. The Hall–Kier alpha value is -0.110. The van der Waals surface area contributed by atoms with Gasteiger partial charge in [-0.15, -0.1) is 0 Å². The van der Waals surface area contributed by atoms with Gasteiger partial charge >= 0.3 is 0 Å². The number of halogens is 1. The van der Waals surface area contributed by atoms with Crippen LogP contribution in [0.2, 0.25) is 0 Å². The highest BCUT2D eigenvalue weighted by Gasteiger charge is 2.25. The molecule has 10 heavy (non-hydrogen) atoms. The molecule has 0 aromatic heterocycles. The van der Waals surface area contributed by atoms with Gasteiger partial charge in [0, 0.05) is 7.11 Å². The van der Waals surface area contributed by atoms with Crippen LogP contribution in [0.4, 0.5) is 4.39 Å². The van der Waals surface area contributed by atoms with E-state index in [9.17, 15) is 4.39 Å². The van der Waals surface area contributed by atoms with Crippen LogP contribution in [0.3, 0.4) is 0 Å². The Labute approximate surface area is 62.6 Å². The van der Waals surface area contributed by atoms with Crippen LogP contribution < -0.4 is 0 Å². The van der Waals surface area contributed by atoms with Crippen molar-refractivity contribution in [3.05, 3.63) is 0 Å². The molecule has 0 saturated heterocycles. The summed E-state index contributed by atoms with van der Waals surface area (Å²) in [5, 5.41) is 0. The van der Waals surface area contributed by atoms with Crippen molar-refractivity contribution < 1.29 is 9.13 Å². The first-order chi connectivity index (χ1) is 4.68. The Morgan fingerprint density at radius 3 is 2.30 bits per heavy atom. The lowest BCUT2D eigenvalue weighted by Gasteiger charge is -2.21. The molecular weight excluding hydrogens is 131 g/mol. The van der Waals surface area contributed by atoms with E-state index in [0.29, 0.717) is 12.8 Å². The Morgan fingerprint density at radius 2 is 2.00 bits per heavy atom. The molecule has 0 N–H and O–H groups in total. The molecule has 0 aliphatic rings. The van der Waals surface area contributed by atoms with Gasteiger partial charge in [0.25, 0.3) is 0 Å². The summed E-state index contributed by atoms with van der Waals surface area (Å²) in [4.78, 5) is 0. The molecule has 1 unspecified atom stereocenters. The Kier molecular flexibility index (Phi) is 4.62. The van der Waals surface area contributed by atoms with Crippen molar-refractivity contribution in [1.82, 2.24) is 0 Å². The third-order valence-corrected chi connectivity index (χ3v) is 1.73. The second-order valence-electron chi connectivity index (χ2n) is 2.69. The van der Waals surface area contributed by atoms with Crippen molar-refractivity contribution in [1.29, 1.82) is 0 Å². The van der Waals surface area contributed by atoms with E-state index < -0.39 is 5.67 Å². The van der Waals surface area contributed by atoms with Crippen LogP contribution in [0.5, 0.6) is 0 Å². The van der Waals surface area contributed by atoms with Crippen LogP contribution in [0.15, 0.2) is 0 Å². The average Bonchev–Trinajstić information content (AvgIpc) is 1.89. The molecule has 62 valence electrons. The minimum Gasteiger partial charge on any atom is -0.381 e. The molecule has 0 amide bonds. The van der Waals surface area contributed by atoms with Crippen molar-refractivity contribution in [3.8, 4) is 0 Å². The van der Waals surface area contributed by atoms with E-state index in [-0.39, 0.29) is 6.61 Å². The molecule has 0 aromatic rings. The molecule has 0 saturated carbocycles.